The van der Waals surface area contributed by atoms with Crippen molar-refractivity contribution in [2.45, 2.75) is 25.7 Å². The van der Waals surface area contributed by atoms with E-state index in [0.717, 1.165) is 32.3 Å². The number of benzene rings is 2. The largest absolute Gasteiger partial charge is 0.341 e. The SMILES string of the molecule is C[C@H]1O[C@H](c2cn(-c3ccc(Br)cc3)nc2-c2ccc(Cl)cn2)N(CCc2ccc3[nH]c(=O)[nH]c3c2)C1=O. The number of carbonyl (C=O) groups is 1. The van der Waals surface area contributed by atoms with Crippen LogP contribution in [0.4, 0.5) is 0 Å². The van der Waals surface area contributed by atoms with Gasteiger partial charge in [-0.3, -0.25) is 9.78 Å². The quantitative estimate of drug-likeness (QED) is 0.288. The Hall–Kier alpha value is -3.73. The third-order valence-corrected chi connectivity index (χ3v) is 7.29. The molecule has 5 aromatic rings. The molecule has 1 fully saturated rings. The molecule has 0 bridgehead atoms. The number of rotatable bonds is 6. The van der Waals surface area contributed by atoms with Gasteiger partial charge in [0.2, 0.25) is 0 Å². The monoisotopic (exact) mass is 592 g/mol. The van der Waals surface area contributed by atoms with Gasteiger partial charge in [0, 0.05) is 29.0 Å². The lowest BCUT2D eigenvalue weighted by molar-refractivity contribution is -0.130. The summed E-state index contributed by atoms with van der Waals surface area (Å²) < 4.78 is 8.92. The Balaban J connectivity index is 1.36. The number of hydrogen-bond acceptors (Lipinski definition) is 5. The summed E-state index contributed by atoms with van der Waals surface area (Å²) in [7, 11) is 0. The molecule has 1 aliphatic heterocycles. The highest BCUT2D eigenvalue weighted by molar-refractivity contribution is 9.10. The number of aromatic amines is 2. The van der Waals surface area contributed by atoms with Gasteiger partial charge < -0.3 is 19.6 Å². The van der Waals surface area contributed by atoms with E-state index in [1.165, 1.54) is 0 Å². The summed E-state index contributed by atoms with van der Waals surface area (Å²) in [4.78, 5) is 36.6. The molecule has 192 valence electrons. The van der Waals surface area contributed by atoms with Crippen LogP contribution in [-0.2, 0) is 16.0 Å². The van der Waals surface area contributed by atoms with Gasteiger partial charge in [0.15, 0.2) is 6.23 Å². The number of pyridine rings is 1. The number of nitrogens with one attached hydrogen (secondary N) is 2. The highest BCUT2D eigenvalue weighted by Crippen LogP contribution is 2.37. The molecule has 2 aromatic carbocycles. The zero-order valence-corrected chi connectivity index (χ0v) is 22.5. The lowest BCUT2D eigenvalue weighted by Crippen LogP contribution is -2.32. The molecular weight excluding hydrogens is 572 g/mol. The van der Waals surface area contributed by atoms with Crippen molar-refractivity contribution in [3.63, 3.8) is 0 Å². The fourth-order valence-electron chi connectivity index (χ4n) is 4.64. The zero-order valence-electron chi connectivity index (χ0n) is 20.2. The molecule has 1 saturated heterocycles. The molecule has 1 amide bonds. The van der Waals surface area contributed by atoms with E-state index in [4.69, 9.17) is 21.4 Å². The van der Waals surface area contributed by atoms with Gasteiger partial charge in [-0.05, 0) is 67.4 Å². The van der Waals surface area contributed by atoms with E-state index in [2.05, 4.69) is 30.9 Å². The van der Waals surface area contributed by atoms with Crippen LogP contribution in [-0.4, -0.2) is 48.2 Å². The number of ether oxygens (including phenoxy) is 1. The van der Waals surface area contributed by atoms with Crippen LogP contribution in [0.3, 0.4) is 0 Å². The van der Waals surface area contributed by atoms with Gasteiger partial charge in [-0.2, -0.15) is 5.10 Å². The number of amides is 1. The Labute approximate surface area is 230 Å². The molecule has 6 rings (SSSR count). The lowest BCUT2D eigenvalue weighted by atomic mass is 10.1. The first-order valence-corrected chi connectivity index (χ1v) is 13.2. The Morgan fingerprint density at radius 1 is 1.05 bits per heavy atom. The minimum Gasteiger partial charge on any atom is -0.341 e. The number of carbonyl (C=O) groups excluding carboxylic acids is 1. The molecule has 1 aliphatic rings. The second-order valence-corrected chi connectivity index (χ2v) is 10.4. The van der Waals surface area contributed by atoms with Crippen molar-refractivity contribution < 1.29 is 9.53 Å². The summed E-state index contributed by atoms with van der Waals surface area (Å²) in [6.45, 7) is 2.18. The number of halogens is 2. The Bertz CT molecular complexity index is 1690. The van der Waals surface area contributed by atoms with Crippen molar-refractivity contribution in [3.05, 3.63) is 98.1 Å². The van der Waals surface area contributed by atoms with Crippen molar-refractivity contribution in [1.82, 2.24) is 29.6 Å². The van der Waals surface area contributed by atoms with Gasteiger partial charge in [0.1, 0.15) is 11.8 Å². The lowest BCUT2D eigenvalue weighted by Gasteiger charge is -2.23. The van der Waals surface area contributed by atoms with Crippen LogP contribution in [0.15, 0.2) is 76.3 Å². The predicted octanol–water partition coefficient (Wildman–Crippen LogP) is 5.01. The third kappa shape index (κ3) is 4.66. The van der Waals surface area contributed by atoms with Crippen LogP contribution in [0.1, 0.15) is 24.3 Å². The third-order valence-electron chi connectivity index (χ3n) is 6.54. The molecule has 38 heavy (non-hydrogen) atoms. The summed E-state index contributed by atoms with van der Waals surface area (Å²) in [5.74, 6) is -0.0995. The van der Waals surface area contributed by atoms with Crippen LogP contribution in [0.25, 0.3) is 28.1 Å². The summed E-state index contributed by atoms with van der Waals surface area (Å²) in [6.07, 6.45) is 2.78. The maximum absolute atomic E-state index is 13.2. The first-order valence-electron chi connectivity index (χ1n) is 12.0. The van der Waals surface area contributed by atoms with Crippen molar-refractivity contribution in [2.24, 2.45) is 0 Å². The zero-order chi connectivity index (χ0) is 26.4. The van der Waals surface area contributed by atoms with E-state index in [9.17, 15) is 9.59 Å². The number of H-pyrrole nitrogens is 2. The number of aromatic nitrogens is 5. The maximum Gasteiger partial charge on any atom is 0.323 e. The molecule has 2 N–H and O–H groups in total. The topological polar surface area (TPSA) is 109 Å². The normalized spacial score (nSPS) is 17.6. The minimum absolute atomic E-state index is 0.0995. The molecule has 11 heteroatoms. The number of hydrogen-bond donors (Lipinski definition) is 2. The Morgan fingerprint density at radius 2 is 1.84 bits per heavy atom. The van der Waals surface area contributed by atoms with Gasteiger partial charge in [-0.1, -0.05) is 33.6 Å². The van der Waals surface area contributed by atoms with Crippen LogP contribution in [0.2, 0.25) is 5.02 Å². The highest BCUT2D eigenvalue weighted by atomic mass is 79.9. The van der Waals surface area contributed by atoms with E-state index >= 15 is 0 Å². The van der Waals surface area contributed by atoms with Crippen LogP contribution >= 0.6 is 27.5 Å². The first kappa shape index (κ1) is 24.6. The molecule has 0 radical (unpaired) electrons. The molecule has 3 aromatic heterocycles. The van der Waals surface area contributed by atoms with Crippen molar-refractivity contribution >= 4 is 44.5 Å². The highest BCUT2D eigenvalue weighted by Gasteiger charge is 2.40. The Morgan fingerprint density at radius 3 is 2.61 bits per heavy atom. The van der Waals surface area contributed by atoms with Crippen LogP contribution < -0.4 is 5.69 Å². The first-order chi connectivity index (χ1) is 18.4. The fourth-order valence-corrected chi connectivity index (χ4v) is 5.01. The molecule has 0 saturated carbocycles. The second kappa shape index (κ2) is 9.86. The number of nitrogens with zero attached hydrogens (tertiary/aromatic N) is 4. The molecule has 0 spiro atoms. The van der Waals surface area contributed by atoms with Gasteiger partial charge in [0.25, 0.3) is 5.91 Å². The number of fused-ring (bicyclic) bond motifs is 1. The Kier molecular flexibility index (Phi) is 6.38. The van der Waals surface area contributed by atoms with E-state index < -0.39 is 12.3 Å². The van der Waals surface area contributed by atoms with E-state index in [0.29, 0.717) is 29.4 Å². The van der Waals surface area contributed by atoms with E-state index in [-0.39, 0.29) is 11.6 Å². The fraction of sp³-hybridized carbons (Fsp3) is 0.185. The maximum atomic E-state index is 13.2. The molecule has 2 atom stereocenters. The average molecular weight is 594 g/mol. The summed E-state index contributed by atoms with van der Waals surface area (Å²) in [5, 5.41) is 5.35. The minimum atomic E-state index is -0.648. The predicted molar refractivity (Wildman–Crippen MR) is 147 cm³/mol. The van der Waals surface area contributed by atoms with E-state index in [1.807, 2.05) is 48.7 Å². The smallest absolute Gasteiger partial charge is 0.323 e. The average Bonchev–Trinajstić information content (AvgIpc) is 3.58. The summed E-state index contributed by atoms with van der Waals surface area (Å²) in [5.41, 5.74) is 5.02. The van der Waals surface area contributed by atoms with Crippen LogP contribution in [0, 0.1) is 0 Å². The molecule has 4 heterocycles. The van der Waals surface area contributed by atoms with Crippen molar-refractivity contribution in [2.75, 3.05) is 6.54 Å². The van der Waals surface area contributed by atoms with Crippen molar-refractivity contribution in [3.8, 4) is 17.1 Å². The molecule has 0 unspecified atom stereocenters. The van der Waals surface area contributed by atoms with Gasteiger partial charge >= 0.3 is 5.69 Å². The standard InChI is InChI=1S/C27H22BrClN6O3/c1-15-25(36)34(11-10-16-2-8-21-23(12-16)32-27(37)31-21)26(38-15)20-14-35(19-6-3-17(28)4-7-19)33-24(20)22-9-5-18(29)13-30-22/h2-9,12-15,26H,10-11H2,1H3,(H2,31,32,37)/t15-,26-/m1/s1. The molecular formula is C27H22BrClN6O3. The molecule has 0 aliphatic carbocycles. The van der Waals surface area contributed by atoms with Gasteiger partial charge in [-0.15, -0.1) is 0 Å². The second-order valence-electron chi connectivity index (χ2n) is 9.09. The molecule has 9 nitrogen and oxygen atoms in total. The summed E-state index contributed by atoms with van der Waals surface area (Å²) in [6, 6.07) is 17.1. The van der Waals surface area contributed by atoms with E-state index in [1.54, 1.807) is 34.8 Å². The van der Waals surface area contributed by atoms with Crippen LogP contribution in [0.5, 0.6) is 0 Å². The summed E-state index contributed by atoms with van der Waals surface area (Å²) >= 11 is 9.56. The van der Waals surface area contributed by atoms with Gasteiger partial charge in [-0.25, -0.2) is 9.48 Å². The van der Waals surface area contributed by atoms with Gasteiger partial charge in [0.05, 0.1) is 27.4 Å². The van der Waals surface area contributed by atoms with Crippen molar-refractivity contribution in [1.29, 1.82) is 0 Å². The number of imidazole rings is 1.